The van der Waals surface area contributed by atoms with Gasteiger partial charge in [-0.1, -0.05) is 204 Å². The van der Waals surface area contributed by atoms with Crippen LogP contribution in [0.2, 0.25) is 0 Å². The normalized spacial score (nSPS) is 13.8. The van der Waals surface area contributed by atoms with Gasteiger partial charge in [0.05, 0.1) is 34.4 Å². The van der Waals surface area contributed by atoms with Crippen molar-refractivity contribution < 1.29 is 37.3 Å². The van der Waals surface area contributed by atoms with Gasteiger partial charge in [-0.05, 0) is 70.6 Å². The highest BCUT2D eigenvalue weighted by atomic mass is 31.2. The summed E-state index contributed by atoms with van der Waals surface area (Å²) in [5, 5.41) is 0. The topological polar surface area (TPSA) is 91.3 Å². The van der Waals surface area contributed by atoms with E-state index in [-0.39, 0.29) is 25.8 Å². The van der Waals surface area contributed by atoms with E-state index in [1.807, 2.05) is 21.1 Å². The molecule has 0 aliphatic rings. The zero-order valence-electron chi connectivity index (χ0n) is 42.3. The molecule has 0 aliphatic carbocycles. The van der Waals surface area contributed by atoms with Crippen LogP contribution in [0.1, 0.15) is 245 Å². The Bertz CT molecular complexity index is 1100. The zero-order chi connectivity index (χ0) is 46.2. The fraction of sp³-hybridized carbons (Fsp3) is 0.870. The van der Waals surface area contributed by atoms with E-state index < -0.39 is 13.9 Å². The third-order valence-corrected chi connectivity index (χ3v) is 12.7. The molecule has 0 radical (unpaired) electrons. The Kier molecular flexibility index (Phi) is 46.3. The predicted molar refractivity (Wildman–Crippen MR) is 270 cm³/mol. The molecular weight excluding hydrogens is 806 g/mol. The van der Waals surface area contributed by atoms with Crippen LogP contribution >= 0.6 is 7.82 Å². The molecule has 63 heavy (non-hydrogen) atoms. The van der Waals surface area contributed by atoms with Crippen LogP contribution in [0.15, 0.2) is 36.5 Å². The molecule has 0 rings (SSSR count). The molecule has 9 heteroatoms. The Morgan fingerprint density at radius 2 is 0.873 bits per heavy atom. The smallest absolute Gasteiger partial charge is 0.457 e. The van der Waals surface area contributed by atoms with Gasteiger partial charge in [-0.25, -0.2) is 4.57 Å². The maximum absolute atomic E-state index is 12.8. The molecule has 0 saturated carbocycles. The van der Waals surface area contributed by atoms with E-state index in [2.05, 4.69) is 50.3 Å². The number of phosphoric acid groups is 1. The zero-order valence-corrected chi connectivity index (χ0v) is 43.2. The number of nitrogens with zero attached hydrogens (tertiary/aromatic N) is 1. The Morgan fingerprint density at radius 1 is 0.492 bits per heavy atom. The lowest BCUT2D eigenvalue weighted by Crippen LogP contribution is -2.37. The largest absolute Gasteiger partial charge is 0.472 e. The second-order valence-electron chi connectivity index (χ2n) is 19.3. The van der Waals surface area contributed by atoms with Gasteiger partial charge < -0.3 is 18.9 Å². The van der Waals surface area contributed by atoms with Gasteiger partial charge in [0.2, 0.25) is 0 Å². The van der Waals surface area contributed by atoms with E-state index in [1.165, 1.54) is 186 Å². The van der Waals surface area contributed by atoms with Crippen molar-refractivity contribution in [2.75, 3.05) is 54.1 Å². The summed E-state index contributed by atoms with van der Waals surface area (Å²) < 4.78 is 35.2. The highest BCUT2D eigenvalue weighted by Crippen LogP contribution is 2.43. The van der Waals surface area contributed by atoms with Crippen LogP contribution in [0.4, 0.5) is 0 Å². The molecule has 0 saturated heterocycles. The molecule has 2 atom stereocenters. The number of unbranched alkanes of at least 4 members (excludes halogenated alkanes) is 30. The van der Waals surface area contributed by atoms with Gasteiger partial charge in [0, 0.05) is 13.0 Å². The molecule has 2 unspecified atom stereocenters. The van der Waals surface area contributed by atoms with Gasteiger partial charge in [-0.15, -0.1) is 0 Å². The van der Waals surface area contributed by atoms with Gasteiger partial charge >= 0.3 is 13.8 Å². The number of ether oxygens (including phenoxy) is 2. The second-order valence-corrected chi connectivity index (χ2v) is 20.7. The van der Waals surface area contributed by atoms with E-state index >= 15 is 0 Å². The molecule has 0 aromatic heterocycles. The minimum atomic E-state index is -4.28. The summed E-state index contributed by atoms with van der Waals surface area (Å²) in [6, 6.07) is 0. The molecular formula is C54H105NO7P+. The maximum Gasteiger partial charge on any atom is 0.472 e. The molecule has 1 N–H and O–H groups in total. The van der Waals surface area contributed by atoms with E-state index in [4.69, 9.17) is 18.5 Å². The van der Waals surface area contributed by atoms with E-state index in [0.717, 1.165) is 38.5 Å². The number of rotatable bonds is 50. The van der Waals surface area contributed by atoms with Crippen molar-refractivity contribution in [3.05, 3.63) is 36.5 Å². The summed E-state index contributed by atoms with van der Waals surface area (Å²) >= 11 is 0. The highest BCUT2D eigenvalue weighted by molar-refractivity contribution is 7.47. The average molecular weight is 911 g/mol. The van der Waals surface area contributed by atoms with Gasteiger partial charge in [-0.3, -0.25) is 13.8 Å². The first-order chi connectivity index (χ1) is 30.6. The number of allylic oxidation sites excluding steroid dienone is 6. The van der Waals surface area contributed by atoms with Crippen LogP contribution in [-0.2, 0) is 27.9 Å². The van der Waals surface area contributed by atoms with Crippen LogP contribution < -0.4 is 0 Å². The Labute approximate surface area is 391 Å². The van der Waals surface area contributed by atoms with Crippen molar-refractivity contribution in [1.29, 1.82) is 0 Å². The SMILES string of the molecule is CCCCCCC/C=C\C/C=C\CCCCCCCCCCCCCCOCC(COP(=O)(O)OCC[N+](C)(C)C)OC(=O)CCCCCCCCC/C=C\CCCCCCCC. The predicted octanol–water partition coefficient (Wildman–Crippen LogP) is 16.5. The molecule has 0 spiro atoms. The molecule has 0 heterocycles. The summed E-state index contributed by atoms with van der Waals surface area (Å²) in [6.45, 7) is 5.64. The summed E-state index contributed by atoms with van der Waals surface area (Å²) in [4.78, 5) is 23.0. The van der Waals surface area contributed by atoms with Crippen molar-refractivity contribution in [3.63, 3.8) is 0 Å². The third-order valence-electron chi connectivity index (χ3n) is 11.7. The number of likely N-dealkylation sites (N-methyl/N-ethyl adjacent to an activating group) is 1. The third kappa shape index (κ3) is 51.6. The Hall–Kier alpha value is -1.28. The van der Waals surface area contributed by atoms with Gasteiger partial charge in [0.15, 0.2) is 0 Å². The Morgan fingerprint density at radius 3 is 1.30 bits per heavy atom. The summed E-state index contributed by atoms with van der Waals surface area (Å²) in [5.74, 6) is -0.316. The molecule has 0 fully saturated rings. The number of carbonyl (C=O) groups excluding carboxylic acids is 1. The van der Waals surface area contributed by atoms with Gasteiger partial charge in [-0.2, -0.15) is 0 Å². The number of quaternary nitrogens is 1. The monoisotopic (exact) mass is 911 g/mol. The molecule has 8 nitrogen and oxygen atoms in total. The van der Waals surface area contributed by atoms with Gasteiger partial charge in [0.1, 0.15) is 19.3 Å². The maximum atomic E-state index is 12.8. The number of phosphoric ester groups is 1. The first-order valence-corrected chi connectivity index (χ1v) is 28.2. The summed E-state index contributed by atoms with van der Waals surface area (Å²) in [7, 11) is 1.67. The fourth-order valence-corrected chi connectivity index (χ4v) is 8.26. The lowest BCUT2D eigenvalue weighted by Gasteiger charge is -2.24. The summed E-state index contributed by atoms with van der Waals surface area (Å²) in [6.07, 6.45) is 57.6. The molecule has 372 valence electrons. The standard InChI is InChI=1S/C54H104NO7P/c1-6-8-10-12-14-16-18-20-22-24-25-26-27-28-29-30-32-34-36-38-40-42-44-46-49-59-51-53(52-61-63(57,58)60-50-48-55(3,4)5)62-54(56)47-45-43-41-39-37-35-33-31-23-21-19-17-15-13-11-9-7-2/h18,20-21,23-25,53H,6-17,19,22,26-52H2,1-5H3/p+1/b20-18-,23-21-,25-24-. The van der Waals surface area contributed by atoms with Crippen LogP contribution in [0, 0.1) is 0 Å². The average Bonchev–Trinajstić information content (AvgIpc) is 3.24. The lowest BCUT2D eigenvalue weighted by molar-refractivity contribution is -0.870. The number of hydrogen-bond acceptors (Lipinski definition) is 6. The van der Waals surface area contributed by atoms with E-state index in [1.54, 1.807) is 0 Å². The van der Waals surface area contributed by atoms with Crippen molar-refractivity contribution >= 4 is 13.8 Å². The first kappa shape index (κ1) is 61.7. The van der Waals surface area contributed by atoms with Crippen LogP contribution in [-0.4, -0.2) is 75.6 Å². The minimum absolute atomic E-state index is 0.0882. The first-order valence-electron chi connectivity index (χ1n) is 26.7. The lowest BCUT2D eigenvalue weighted by atomic mass is 10.0. The minimum Gasteiger partial charge on any atom is -0.457 e. The molecule has 0 bridgehead atoms. The Balaban J connectivity index is 4.09. The number of carbonyl (C=O) groups is 1. The second kappa shape index (κ2) is 47.2. The van der Waals surface area contributed by atoms with Crippen molar-refractivity contribution in [2.24, 2.45) is 0 Å². The van der Waals surface area contributed by atoms with Crippen molar-refractivity contribution in [2.45, 2.75) is 251 Å². The van der Waals surface area contributed by atoms with Crippen LogP contribution in [0.3, 0.4) is 0 Å². The van der Waals surface area contributed by atoms with Crippen molar-refractivity contribution in [3.8, 4) is 0 Å². The van der Waals surface area contributed by atoms with Crippen LogP contribution in [0.25, 0.3) is 0 Å². The highest BCUT2D eigenvalue weighted by Gasteiger charge is 2.26. The van der Waals surface area contributed by atoms with E-state index in [9.17, 15) is 14.3 Å². The van der Waals surface area contributed by atoms with Gasteiger partial charge in [0.25, 0.3) is 0 Å². The molecule has 0 amide bonds. The van der Waals surface area contributed by atoms with Crippen LogP contribution in [0.5, 0.6) is 0 Å². The van der Waals surface area contributed by atoms with Crippen molar-refractivity contribution in [1.82, 2.24) is 0 Å². The molecule has 0 aromatic rings. The fourth-order valence-electron chi connectivity index (χ4n) is 7.52. The summed E-state index contributed by atoms with van der Waals surface area (Å²) in [5.41, 5.74) is 0. The quantitative estimate of drug-likeness (QED) is 0.0214. The number of esters is 1. The van der Waals surface area contributed by atoms with E-state index in [0.29, 0.717) is 24.1 Å². The molecule has 0 aromatic carbocycles. The number of hydrogen-bond donors (Lipinski definition) is 1. The molecule has 0 aliphatic heterocycles.